The van der Waals surface area contributed by atoms with E-state index >= 15 is 0 Å². The number of hydrogen-bond acceptors (Lipinski definition) is 5. The molecule has 1 aliphatic heterocycles. The summed E-state index contributed by atoms with van der Waals surface area (Å²) < 4.78 is 18.4. The smallest absolute Gasteiger partial charge is 0.213 e. The number of nitriles is 1. The molecule has 1 fully saturated rings. The molecule has 0 radical (unpaired) electrons. The highest BCUT2D eigenvalue weighted by Crippen LogP contribution is 2.23. The topological polar surface area (TPSA) is 62.0 Å². The Kier molecular flexibility index (Phi) is 4.15. The number of nitrogens with zero attached hydrogens (tertiary/aromatic N) is 4. The SMILES string of the molecule is N#Cc1cccc(N2CCC(COc3ccc(F)cn3)C2)n1. The van der Waals surface area contributed by atoms with E-state index in [9.17, 15) is 4.39 Å². The first kappa shape index (κ1) is 14.3. The average molecular weight is 298 g/mol. The second-order valence-electron chi connectivity index (χ2n) is 5.22. The summed E-state index contributed by atoms with van der Waals surface area (Å²) >= 11 is 0. The van der Waals surface area contributed by atoms with Gasteiger partial charge in [0, 0.05) is 25.1 Å². The molecular formula is C16H15FN4O. The Labute approximate surface area is 128 Å². The molecule has 5 nitrogen and oxygen atoms in total. The quantitative estimate of drug-likeness (QED) is 0.867. The van der Waals surface area contributed by atoms with Crippen LogP contribution in [0.15, 0.2) is 36.5 Å². The molecule has 1 aliphatic rings. The van der Waals surface area contributed by atoms with Gasteiger partial charge < -0.3 is 9.64 Å². The van der Waals surface area contributed by atoms with Crippen LogP contribution in [-0.4, -0.2) is 29.7 Å². The molecule has 0 N–H and O–H groups in total. The van der Waals surface area contributed by atoms with E-state index in [4.69, 9.17) is 10.00 Å². The van der Waals surface area contributed by atoms with Crippen LogP contribution >= 0.6 is 0 Å². The Hall–Kier alpha value is -2.68. The van der Waals surface area contributed by atoms with E-state index in [1.807, 2.05) is 12.1 Å². The Morgan fingerprint density at radius 1 is 1.36 bits per heavy atom. The summed E-state index contributed by atoms with van der Waals surface area (Å²) in [7, 11) is 0. The van der Waals surface area contributed by atoms with Crippen LogP contribution in [0.2, 0.25) is 0 Å². The Morgan fingerprint density at radius 3 is 3.05 bits per heavy atom. The molecule has 0 saturated carbocycles. The first-order valence-corrected chi connectivity index (χ1v) is 7.11. The maximum absolute atomic E-state index is 12.8. The third kappa shape index (κ3) is 3.31. The standard InChI is InChI=1S/C16H15FN4O/c17-13-4-5-16(19-9-13)22-11-12-6-7-21(10-12)15-3-1-2-14(8-18)20-15/h1-5,9,12H,6-7,10-11H2. The molecule has 0 aromatic carbocycles. The van der Waals surface area contributed by atoms with Crippen LogP contribution in [-0.2, 0) is 0 Å². The fourth-order valence-corrected chi connectivity index (χ4v) is 2.49. The molecule has 1 saturated heterocycles. The first-order valence-electron chi connectivity index (χ1n) is 7.11. The van der Waals surface area contributed by atoms with Crippen molar-refractivity contribution in [1.82, 2.24) is 9.97 Å². The van der Waals surface area contributed by atoms with Crippen molar-refractivity contribution in [3.05, 3.63) is 48.0 Å². The van der Waals surface area contributed by atoms with Crippen LogP contribution in [0.4, 0.5) is 10.2 Å². The van der Waals surface area contributed by atoms with Crippen LogP contribution in [0.1, 0.15) is 12.1 Å². The van der Waals surface area contributed by atoms with Crippen molar-refractivity contribution < 1.29 is 9.13 Å². The molecule has 22 heavy (non-hydrogen) atoms. The molecule has 0 amide bonds. The molecule has 0 bridgehead atoms. The van der Waals surface area contributed by atoms with E-state index < -0.39 is 0 Å². The van der Waals surface area contributed by atoms with E-state index in [1.165, 1.54) is 12.1 Å². The highest BCUT2D eigenvalue weighted by Gasteiger charge is 2.24. The van der Waals surface area contributed by atoms with E-state index in [1.54, 1.807) is 6.07 Å². The van der Waals surface area contributed by atoms with Gasteiger partial charge in [-0.1, -0.05) is 6.07 Å². The van der Waals surface area contributed by atoms with Crippen molar-refractivity contribution in [2.75, 3.05) is 24.6 Å². The van der Waals surface area contributed by atoms with E-state index in [2.05, 4.69) is 20.9 Å². The number of rotatable bonds is 4. The summed E-state index contributed by atoms with van der Waals surface area (Å²) in [4.78, 5) is 10.3. The predicted molar refractivity (Wildman–Crippen MR) is 79.0 cm³/mol. The van der Waals surface area contributed by atoms with Crippen LogP contribution in [0.25, 0.3) is 0 Å². The summed E-state index contributed by atoms with van der Waals surface area (Å²) in [5.74, 6) is 1.24. The second-order valence-corrected chi connectivity index (χ2v) is 5.22. The van der Waals surface area contributed by atoms with Crippen LogP contribution in [0.3, 0.4) is 0 Å². The lowest BCUT2D eigenvalue weighted by molar-refractivity contribution is 0.251. The van der Waals surface area contributed by atoms with E-state index in [-0.39, 0.29) is 5.82 Å². The number of hydrogen-bond donors (Lipinski definition) is 0. The zero-order valence-corrected chi connectivity index (χ0v) is 11.9. The minimum absolute atomic E-state index is 0.361. The van der Waals surface area contributed by atoms with Gasteiger partial charge in [-0.25, -0.2) is 14.4 Å². The van der Waals surface area contributed by atoms with Crippen molar-refractivity contribution in [1.29, 1.82) is 5.26 Å². The van der Waals surface area contributed by atoms with Gasteiger partial charge in [0.1, 0.15) is 23.4 Å². The van der Waals surface area contributed by atoms with E-state index in [0.717, 1.165) is 31.5 Å². The normalized spacial score (nSPS) is 17.3. The summed E-state index contributed by atoms with van der Waals surface area (Å²) in [5, 5.41) is 8.90. The summed E-state index contributed by atoms with van der Waals surface area (Å²) in [6.07, 6.45) is 2.13. The maximum Gasteiger partial charge on any atom is 0.213 e. The van der Waals surface area contributed by atoms with Gasteiger partial charge in [-0.15, -0.1) is 0 Å². The number of anilines is 1. The van der Waals surface area contributed by atoms with Gasteiger partial charge in [0.2, 0.25) is 5.88 Å². The molecule has 1 atom stereocenters. The highest BCUT2D eigenvalue weighted by atomic mass is 19.1. The lowest BCUT2D eigenvalue weighted by Gasteiger charge is -2.17. The van der Waals surface area contributed by atoms with E-state index in [0.29, 0.717) is 24.1 Å². The molecule has 3 heterocycles. The molecular weight excluding hydrogens is 283 g/mol. The first-order chi connectivity index (χ1) is 10.7. The third-order valence-corrected chi connectivity index (χ3v) is 3.63. The highest BCUT2D eigenvalue weighted by molar-refractivity contribution is 5.42. The minimum atomic E-state index is -0.372. The fourth-order valence-electron chi connectivity index (χ4n) is 2.49. The van der Waals surface area contributed by atoms with Gasteiger partial charge in [0.05, 0.1) is 12.8 Å². The largest absolute Gasteiger partial charge is 0.477 e. The fraction of sp³-hybridized carbons (Fsp3) is 0.312. The van der Waals surface area contributed by atoms with Gasteiger partial charge in [0.15, 0.2) is 0 Å². The van der Waals surface area contributed by atoms with Crippen molar-refractivity contribution in [3.63, 3.8) is 0 Å². The number of aromatic nitrogens is 2. The molecule has 2 aromatic heterocycles. The zero-order valence-electron chi connectivity index (χ0n) is 11.9. The Bertz CT molecular complexity index is 683. The van der Waals surface area contributed by atoms with Gasteiger partial charge in [0.25, 0.3) is 0 Å². The molecule has 0 aliphatic carbocycles. The van der Waals surface area contributed by atoms with Crippen LogP contribution < -0.4 is 9.64 Å². The summed E-state index contributed by atoms with van der Waals surface area (Å²) in [5.41, 5.74) is 0.424. The van der Waals surface area contributed by atoms with Crippen LogP contribution in [0, 0.1) is 23.1 Å². The maximum atomic E-state index is 12.8. The van der Waals surface area contributed by atoms with Gasteiger partial charge in [-0.3, -0.25) is 0 Å². The molecule has 112 valence electrons. The van der Waals surface area contributed by atoms with Crippen LogP contribution in [0.5, 0.6) is 5.88 Å². The monoisotopic (exact) mass is 298 g/mol. The number of pyridine rings is 2. The lowest BCUT2D eigenvalue weighted by Crippen LogP contribution is -2.23. The molecule has 2 aromatic rings. The second kappa shape index (κ2) is 6.39. The summed E-state index contributed by atoms with van der Waals surface area (Å²) in [6.45, 7) is 2.24. The van der Waals surface area contributed by atoms with Crippen molar-refractivity contribution in [2.45, 2.75) is 6.42 Å². The van der Waals surface area contributed by atoms with Gasteiger partial charge >= 0.3 is 0 Å². The van der Waals surface area contributed by atoms with Crippen molar-refractivity contribution in [2.24, 2.45) is 5.92 Å². The Morgan fingerprint density at radius 2 is 2.27 bits per heavy atom. The van der Waals surface area contributed by atoms with Gasteiger partial charge in [-0.05, 0) is 24.6 Å². The minimum Gasteiger partial charge on any atom is -0.477 e. The number of ether oxygens (including phenoxy) is 1. The average Bonchev–Trinajstić information content (AvgIpc) is 3.03. The lowest BCUT2D eigenvalue weighted by atomic mass is 10.1. The predicted octanol–water partition coefficient (Wildman–Crippen LogP) is 2.39. The molecule has 0 spiro atoms. The van der Waals surface area contributed by atoms with Crippen molar-refractivity contribution >= 4 is 5.82 Å². The molecule has 6 heteroatoms. The molecule has 1 unspecified atom stereocenters. The number of halogens is 1. The zero-order chi connectivity index (χ0) is 15.4. The molecule has 3 rings (SSSR count). The third-order valence-electron chi connectivity index (χ3n) is 3.63. The Balaban J connectivity index is 1.56. The van der Waals surface area contributed by atoms with Gasteiger partial charge in [-0.2, -0.15) is 5.26 Å². The summed E-state index contributed by atoms with van der Waals surface area (Å²) in [6, 6.07) is 10.4. The van der Waals surface area contributed by atoms with Crippen molar-refractivity contribution in [3.8, 4) is 11.9 Å².